The molecule has 3 unspecified atom stereocenters. The second-order valence-electron chi connectivity index (χ2n) is 11.0. The molecule has 2 aliphatic heterocycles. The molecule has 0 spiro atoms. The van der Waals surface area contributed by atoms with E-state index in [1.165, 1.54) is 30.1 Å². The van der Waals surface area contributed by atoms with Gasteiger partial charge in [-0.3, -0.25) is 24.1 Å². The molecule has 0 bridgehead atoms. The number of benzene rings is 1. The van der Waals surface area contributed by atoms with E-state index >= 15 is 0 Å². The zero-order chi connectivity index (χ0) is 34.0. The van der Waals surface area contributed by atoms with Gasteiger partial charge < -0.3 is 50.6 Å². The summed E-state index contributed by atoms with van der Waals surface area (Å²) in [6.45, 7) is 1.83. The van der Waals surface area contributed by atoms with Crippen LogP contribution in [0.25, 0.3) is 0 Å². The van der Waals surface area contributed by atoms with Crippen molar-refractivity contribution in [2.45, 2.75) is 82.8 Å². The highest BCUT2D eigenvalue weighted by atomic mass is 16.7. The number of hydrogen-bond donors (Lipinski definition) is 7. The van der Waals surface area contributed by atoms with E-state index in [0.29, 0.717) is 31.4 Å². The van der Waals surface area contributed by atoms with Gasteiger partial charge in [-0.2, -0.15) is 0 Å². The number of unbranched alkanes of at least 4 members (excludes halogenated alkanes) is 2. The average molecular weight is 653 g/mol. The van der Waals surface area contributed by atoms with Gasteiger partial charge in [0.05, 0.1) is 5.69 Å². The number of carbonyl (C=O) groups is 6. The topological polar surface area (TPSA) is 250 Å². The van der Waals surface area contributed by atoms with Crippen molar-refractivity contribution in [1.82, 2.24) is 15.5 Å². The first-order valence-corrected chi connectivity index (χ1v) is 14.8. The van der Waals surface area contributed by atoms with Gasteiger partial charge in [-0.25, -0.2) is 9.59 Å². The lowest BCUT2D eigenvalue weighted by molar-refractivity contribution is -0.271. The highest BCUT2D eigenvalue weighted by Gasteiger charge is 2.48. The molecule has 2 aliphatic rings. The second kappa shape index (κ2) is 16.8. The summed E-state index contributed by atoms with van der Waals surface area (Å²) >= 11 is 0. The maximum atomic E-state index is 12.8. The summed E-state index contributed by atoms with van der Waals surface area (Å²) in [4.78, 5) is 73.0. The quantitative estimate of drug-likeness (QED) is 0.0908. The van der Waals surface area contributed by atoms with Gasteiger partial charge in [0.25, 0.3) is 0 Å². The first-order chi connectivity index (χ1) is 21.8. The van der Waals surface area contributed by atoms with Crippen LogP contribution in [0.2, 0.25) is 0 Å². The summed E-state index contributed by atoms with van der Waals surface area (Å²) in [6, 6.07) is 4.19. The number of aliphatic hydroxyl groups is 3. The molecular weight excluding hydrogens is 612 g/mol. The molecule has 1 aromatic carbocycles. The first-order valence-electron chi connectivity index (χ1n) is 14.8. The summed E-state index contributed by atoms with van der Waals surface area (Å²) in [5, 5.41) is 47.2. The average Bonchev–Trinajstić information content (AvgIpc) is 3.26. The number of nitrogens with zero attached hydrogens (tertiary/aromatic N) is 1. The van der Waals surface area contributed by atoms with Crippen LogP contribution < -0.4 is 20.7 Å². The lowest BCUT2D eigenvalue weighted by Crippen LogP contribution is -2.61. The van der Waals surface area contributed by atoms with Crippen molar-refractivity contribution < 1.29 is 63.4 Å². The van der Waals surface area contributed by atoms with E-state index in [-0.39, 0.29) is 67.5 Å². The third kappa shape index (κ3) is 9.84. The third-order valence-corrected chi connectivity index (χ3v) is 7.38. The van der Waals surface area contributed by atoms with Gasteiger partial charge in [-0.1, -0.05) is 19.4 Å². The van der Waals surface area contributed by atoms with E-state index in [1.54, 1.807) is 6.92 Å². The maximum Gasteiger partial charge on any atom is 0.407 e. The van der Waals surface area contributed by atoms with Crippen LogP contribution in [0.4, 0.5) is 10.5 Å². The Bertz CT molecular complexity index is 1290. The van der Waals surface area contributed by atoms with Crippen LogP contribution in [0.5, 0.6) is 5.75 Å². The van der Waals surface area contributed by atoms with Crippen molar-refractivity contribution in [2.75, 3.05) is 25.5 Å². The Morgan fingerprint density at radius 1 is 1.00 bits per heavy atom. The zero-order valence-electron chi connectivity index (χ0n) is 25.5. The van der Waals surface area contributed by atoms with Gasteiger partial charge in [0.1, 0.15) is 30.7 Å². The number of alkyl carbamates (subject to hydrolysis) is 1. The Labute approximate surface area is 264 Å². The molecule has 0 radical (unpaired) electrons. The lowest BCUT2D eigenvalue weighted by Gasteiger charge is -2.38. The molecule has 254 valence electrons. The van der Waals surface area contributed by atoms with Crippen LogP contribution in [0.1, 0.15) is 51.0 Å². The van der Waals surface area contributed by atoms with Crippen molar-refractivity contribution in [3.63, 3.8) is 0 Å². The number of carbonyl (C=O) groups excluding carboxylic acids is 5. The predicted molar refractivity (Wildman–Crippen MR) is 156 cm³/mol. The Hall–Kier alpha value is -4.32. The highest BCUT2D eigenvalue weighted by molar-refractivity contribution is 6.03. The molecule has 3 rings (SSSR count). The van der Waals surface area contributed by atoms with E-state index < -0.39 is 48.7 Å². The van der Waals surface area contributed by atoms with Crippen molar-refractivity contribution >= 4 is 41.4 Å². The number of likely N-dealkylation sites (tertiary alicyclic amines) is 1. The van der Waals surface area contributed by atoms with Crippen molar-refractivity contribution in [3.8, 4) is 5.75 Å². The molecule has 2 heterocycles. The van der Waals surface area contributed by atoms with E-state index in [9.17, 15) is 49.2 Å². The number of hydrogen-bond acceptors (Lipinski definition) is 12. The normalized spacial score (nSPS) is 24.3. The minimum absolute atomic E-state index is 0.0101. The number of aliphatic carboxylic acids is 1. The van der Waals surface area contributed by atoms with Gasteiger partial charge in [0.2, 0.25) is 29.9 Å². The Morgan fingerprint density at radius 2 is 1.74 bits per heavy atom. The SMILES string of the molecule is CNC(=O)OCc1ccc(O[C@@H]2OC(C(=O)O)[C@@H](O)[C@H](O)C2O)c(NC(=O)CCNC(=O)CCCCCN2C(=O)CC(C)C2=O)c1. The predicted octanol–water partition coefficient (Wildman–Crippen LogP) is -0.786. The van der Waals surface area contributed by atoms with Crippen molar-refractivity contribution in [3.05, 3.63) is 23.8 Å². The Morgan fingerprint density at radius 3 is 2.39 bits per heavy atom. The smallest absolute Gasteiger partial charge is 0.407 e. The molecule has 0 aromatic heterocycles. The number of imide groups is 1. The van der Waals surface area contributed by atoms with Crippen LogP contribution in [-0.4, -0.2) is 112 Å². The zero-order valence-corrected chi connectivity index (χ0v) is 25.5. The fourth-order valence-corrected chi connectivity index (χ4v) is 4.79. The summed E-state index contributed by atoms with van der Waals surface area (Å²) in [6.07, 6.45) is -8.07. The minimum atomic E-state index is -1.93. The van der Waals surface area contributed by atoms with Gasteiger partial charge in [-0.15, -0.1) is 0 Å². The highest BCUT2D eigenvalue weighted by Crippen LogP contribution is 2.31. The Kier molecular flexibility index (Phi) is 13.2. The van der Waals surface area contributed by atoms with Gasteiger partial charge in [0, 0.05) is 45.3 Å². The Balaban J connectivity index is 1.53. The maximum absolute atomic E-state index is 12.8. The molecule has 1 aromatic rings. The van der Waals surface area contributed by atoms with E-state index in [0.717, 1.165) is 0 Å². The molecule has 5 amide bonds. The summed E-state index contributed by atoms with van der Waals surface area (Å²) in [5.41, 5.74) is 0.429. The molecule has 7 N–H and O–H groups in total. The number of carboxylic acid groups (broad SMARTS) is 1. The molecular formula is C29H40N4O13. The number of anilines is 1. The fraction of sp³-hybridized carbons (Fsp3) is 0.586. The summed E-state index contributed by atoms with van der Waals surface area (Å²) in [5.74, 6) is -3.21. The van der Waals surface area contributed by atoms with Gasteiger partial charge in [0.15, 0.2) is 6.10 Å². The summed E-state index contributed by atoms with van der Waals surface area (Å²) in [7, 11) is 1.37. The van der Waals surface area contributed by atoms with Gasteiger partial charge in [-0.05, 0) is 30.5 Å². The number of carboxylic acids is 1. The molecule has 0 saturated carbocycles. The molecule has 46 heavy (non-hydrogen) atoms. The first kappa shape index (κ1) is 36.2. The van der Waals surface area contributed by atoms with Crippen LogP contribution in [-0.2, 0) is 40.1 Å². The summed E-state index contributed by atoms with van der Waals surface area (Å²) < 4.78 is 15.8. The van der Waals surface area contributed by atoms with Crippen LogP contribution in [0.15, 0.2) is 18.2 Å². The lowest BCUT2D eigenvalue weighted by atomic mass is 9.99. The van der Waals surface area contributed by atoms with Crippen molar-refractivity contribution in [1.29, 1.82) is 0 Å². The van der Waals surface area contributed by atoms with Crippen LogP contribution >= 0.6 is 0 Å². The monoisotopic (exact) mass is 652 g/mol. The van der Waals surface area contributed by atoms with Gasteiger partial charge >= 0.3 is 12.1 Å². The van der Waals surface area contributed by atoms with E-state index in [4.69, 9.17) is 14.2 Å². The van der Waals surface area contributed by atoms with Crippen LogP contribution in [0, 0.1) is 5.92 Å². The second-order valence-corrected chi connectivity index (χ2v) is 11.0. The van der Waals surface area contributed by atoms with E-state index in [1.807, 2.05) is 0 Å². The molecule has 2 fully saturated rings. The fourth-order valence-electron chi connectivity index (χ4n) is 4.79. The van der Waals surface area contributed by atoms with Crippen LogP contribution in [0.3, 0.4) is 0 Å². The third-order valence-electron chi connectivity index (χ3n) is 7.38. The molecule has 17 nitrogen and oxygen atoms in total. The molecule has 6 atom stereocenters. The standard InChI is InChI=1S/C29H40N4O13/c1-15-12-21(36)33(26(15)40)11-5-3-4-6-19(34)31-10-9-20(35)32-17-13-16(14-44-29(43)30-2)7-8-18(17)45-28-24(39)22(37)23(38)25(46-28)27(41)42/h7-8,13,15,22-25,28,37-39H,3-6,9-12,14H2,1-2H3,(H,30,43)(H,31,34)(H,32,35)(H,41,42)/t15?,22-,23-,24?,25?,28+/m0/s1. The number of aliphatic hydroxyl groups excluding tert-OH is 3. The number of rotatable bonds is 15. The molecule has 2 saturated heterocycles. The molecule has 17 heteroatoms. The molecule has 0 aliphatic carbocycles. The minimum Gasteiger partial charge on any atom is -0.479 e. The largest absolute Gasteiger partial charge is 0.479 e. The number of amides is 5. The van der Waals surface area contributed by atoms with Crippen molar-refractivity contribution in [2.24, 2.45) is 5.92 Å². The number of ether oxygens (including phenoxy) is 3. The number of nitrogens with one attached hydrogen (secondary N) is 3. The van der Waals surface area contributed by atoms with E-state index in [2.05, 4.69) is 16.0 Å².